The second kappa shape index (κ2) is 9.29. The molecule has 4 aliphatic rings. The summed E-state index contributed by atoms with van der Waals surface area (Å²) in [6, 6.07) is -0.165. The molecule has 3 aromatic rings. The van der Waals surface area contributed by atoms with Crippen LogP contribution in [0.1, 0.15) is 29.9 Å². The maximum Gasteiger partial charge on any atom is 0.328 e. The SMILES string of the molecule is C[C@H]1CN2c3c(cc4c(-c5scnc5C(=O)N5CCOCC5)noc4c3F)CC3(C(=O)NC(=O)NC3=O)[C@@H]2[C@@H](C)O1. The first kappa shape index (κ1) is 26.0. The Kier molecular flexibility index (Phi) is 5.89. The summed E-state index contributed by atoms with van der Waals surface area (Å²) < 4.78 is 33.3. The van der Waals surface area contributed by atoms with Crippen molar-refractivity contribution >= 4 is 51.7 Å². The standard InChI is InChI=1S/C26H25FN6O7S/c1-11-9-33-18-13(8-26(21(33)12(2)39-11)23(35)29-25(37)30-24(26)36)7-14-16(31-40-19(14)15(18)27)20-17(28-10-41-20)22(34)32-3-5-38-6-4-32/h7,10-12,21H,3-6,8-9H2,1-2H3,(H2,29,30,35,36,37)/t11-,12+,21-/m0/s1. The van der Waals surface area contributed by atoms with Crippen LogP contribution in [0.3, 0.4) is 0 Å². The van der Waals surface area contributed by atoms with E-state index in [1.54, 1.807) is 22.8 Å². The molecule has 1 aromatic carbocycles. The topological polar surface area (TPSA) is 156 Å². The molecule has 0 radical (unpaired) electrons. The monoisotopic (exact) mass is 584 g/mol. The molecular weight excluding hydrogens is 559 g/mol. The number of hydrogen-bond donors (Lipinski definition) is 2. The number of ether oxygens (including phenoxy) is 2. The molecule has 41 heavy (non-hydrogen) atoms. The van der Waals surface area contributed by atoms with Crippen molar-refractivity contribution in [3.63, 3.8) is 0 Å². The van der Waals surface area contributed by atoms with Crippen LogP contribution >= 0.6 is 11.3 Å². The van der Waals surface area contributed by atoms with Crippen LogP contribution in [0.25, 0.3) is 21.5 Å². The molecule has 3 atom stereocenters. The van der Waals surface area contributed by atoms with Gasteiger partial charge in [-0.2, -0.15) is 0 Å². The highest BCUT2D eigenvalue weighted by Crippen LogP contribution is 2.50. The van der Waals surface area contributed by atoms with Gasteiger partial charge in [0.2, 0.25) is 17.4 Å². The Labute approximate surface area is 235 Å². The normalized spacial score (nSPS) is 25.6. The highest BCUT2D eigenvalue weighted by molar-refractivity contribution is 7.13. The molecule has 2 aromatic heterocycles. The Morgan fingerprint density at radius 2 is 1.90 bits per heavy atom. The summed E-state index contributed by atoms with van der Waals surface area (Å²) in [5.74, 6) is -2.54. The van der Waals surface area contributed by atoms with Crippen LogP contribution < -0.4 is 15.5 Å². The number of fused-ring (bicyclic) bond motifs is 5. The van der Waals surface area contributed by atoms with Crippen molar-refractivity contribution < 1.29 is 37.6 Å². The van der Waals surface area contributed by atoms with Crippen LogP contribution in [-0.4, -0.2) is 89.9 Å². The number of halogens is 1. The van der Waals surface area contributed by atoms with E-state index in [4.69, 9.17) is 14.0 Å². The maximum absolute atomic E-state index is 16.4. The van der Waals surface area contributed by atoms with Crippen molar-refractivity contribution in [2.75, 3.05) is 37.7 Å². The lowest BCUT2D eigenvalue weighted by molar-refractivity contribution is -0.153. The molecule has 0 saturated carbocycles. The third-order valence-electron chi connectivity index (χ3n) is 8.25. The predicted octanol–water partition coefficient (Wildman–Crippen LogP) is 1.45. The van der Waals surface area contributed by atoms with Gasteiger partial charge in [0, 0.05) is 26.1 Å². The molecule has 3 fully saturated rings. The lowest BCUT2D eigenvalue weighted by Crippen LogP contribution is -2.75. The number of rotatable bonds is 2. The zero-order valence-corrected chi connectivity index (χ0v) is 22.9. The lowest BCUT2D eigenvalue weighted by atomic mass is 9.66. The Hall–Kier alpha value is -3.95. The van der Waals surface area contributed by atoms with Crippen LogP contribution in [0, 0.1) is 11.2 Å². The second-order valence-corrected chi connectivity index (χ2v) is 11.5. The number of carbonyl (C=O) groups excluding carboxylic acids is 4. The van der Waals surface area contributed by atoms with E-state index in [-0.39, 0.29) is 53.0 Å². The van der Waals surface area contributed by atoms with Crippen molar-refractivity contribution in [2.24, 2.45) is 5.41 Å². The number of morpholine rings is 2. The number of hydrogen-bond acceptors (Lipinski definition) is 11. The molecule has 0 aliphatic carbocycles. The minimum absolute atomic E-state index is 0.119. The Balaban J connectivity index is 1.39. The average molecular weight is 585 g/mol. The van der Waals surface area contributed by atoms with Crippen molar-refractivity contribution in [1.82, 2.24) is 25.7 Å². The highest BCUT2D eigenvalue weighted by Gasteiger charge is 2.63. The number of carbonyl (C=O) groups is 4. The van der Waals surface area contributed by atoms with Crippen molar-refractivity contribution in [3.8, 4) is 10.6 Å². The largest absolute Gasteiger partial charge is 0.378 e. The van der Waals surface area contributed by atoms with Gasteiger partial charge in [-0.15, -0.1) is 11.3 Å². The number of thiazole rings is 1. The maximum atomic E-state index is 16.4. The smallest absolute Gasteiger partial charge is 0.328 e. The van der Waals surface area contributed by atoms with Crippen LogP contribution in [0.15, 0.2) is 16.1 Å². The number of barbiturate groups is 1. The lowest BCUT2D eigenvalue weighted by Gasteiger charge is -2.55. The van der Waals surface area contributed by atoms with Gasteiger partial charge in [0.05, 0.1) is 52.9 Å². The Bertz CT molecular complexity index is 1610. The van der Waals surface area contributed by atoms with Crippen LogP contribution in [0.5, 0.6) is 0 Å². The predicted molar refractivity (Wildman–Crippen MR) is 141 cm³/mol. The molecule has 3 saturated heterocycles. The van der Waals surface area contributed by atoms with Crippen molar-refractivity contribution in [2.45, 2.75) is 38.5 Å². The summed E-state index contributed by atoms with van der Waals surface area (Å²) in [4.78, 5) is 60.2. The number of imide groups is 2. The number of anilines is 1. The van der Waals surface area contributed by atoms with Crippen LogP contribution in [0.4, 0.5) is 14.9 Å². The van der Waals surface area contributed by atoms with E-state index in [9.17, 15) is 19.2 Å². The minimum atomic E-state index is -1.76. The van der Waals surface area contributed by atoms with Gasteiger partial charge in [0.15, 0.2) is 11.2 Å². The minimum Gasteiger partial charge on any atom is -0.378 e. The van der Waals surface area contributed by atoms with E-state index in [1.165, 1.54) is 16.8 Å². The zero-order valence-electron chi connectivity index (χ0n) is 22.1. The first-order valence-electron chi connectivity index (χ1n) is 13.2. The quantitative estimate of drug-likeness (QED) is 0.423. The highest BCUT2D eigenvalue weighted by atomic mass is 32.1. The summed E-state index contributed by atoms with van der Waals surface area (Å²) in [6.45, 7) is 5.41. The van der Waals surface area contributed by atoms with E-state index >= 15 is 4.39 Å². The first-order valence-corrected chi connectivity index (χ1v) is 14.1. The van der Waals surface area contributed by atoms with Gasteiger partial charge < -0.3 is 23.8 Å². The number of benzene rings is 1. The van der Waals surface area contributed by atoms with E-state index < -0.39 is 41.2 Å². The van der Waals surface area contributed by atoms with E-state index in [2.05, 4.69) is 20.8 Å². The second-order valence-electron chi connectivity index (χ2n) is 10.7. The molecule has 6 heterocycles. The van der Waals surface area contributed by atoms with Gasteiger partial charge in [-0.05, 0) is 25.5 Å². The van der Waals surface area contributed by atoms with Crippen molar-refractivity contribution in [3.05, 3.63) is 28.7 Å². The first-order chi connectivity index (χ1) is 19.7. The molecule has 15 heteroatoms. The molecule has 2 N–H and O–H groups in total. The van der Waals surface area contributed by atoms with Gasteiger partial charge in [0.1, 0.15) is 11.4 Å². The molecule has 1 spiro atoms. The summed E-state index contributed by atoms with van der Waals surface area (Å²) in [5, 5.41) is 8.87. The molecule has 7 rings (SSSR count). The van der Waals surface area contributed by atoms with E-state index in [0.717, 1.165) is 0 Å². The fourth-order valence-electron chi connectivity index (χ4n) is 6.59. The van der Waals surface area contributed by atoms with Crippen LogP contribution in [-0.2, 0) is 25.5 Å². The average Bonchev–Trinajstić information content (AvgIpc) is 3.58. The summed E-state index contributed by atoms with van der Waals surface area (Å²) >= 11 is 1.17. The Morgan fingerprint density at radius 3 is 2.63 bits per heavy atom. The molecular formula is C26H25FN6O7S. The summed E-state index contributed by atoms with van der Waals surface area (Å²) in [7, 11) is 0. The van der Waals surface area contributed by atoms with Gasteiger partial charge in [-0.1, -0.05) is 5.16 Å². The fourth-order valence-corrected chi connectivity index (χ4v) is 7.37. The third-order valence-corrected chi connectivity index (χ3v) is 9.08. The summed E-state index contributed by atoms with van der Waals surface area (Å²) in [5.41, 5.74) is 0.579. The van der Waals surface area contributed by atoms with Crippen LogP contribution in [0.2, 0.25) is 0 Å². The molecule has 0 bridgehead atoms. The zero-order chi connectivity index (χ0) is 28.6. The van der Waals surface area contributed by atoms with Gasteiger partial charge in [-0.25, -0.2) is 14.2 Å². The molecule has 0 unspecified atom stereocenters. The molecule has 4 aliphatic heterocycles. The summed E-state index contributed by atoms with van der Waals surface area (Å²) in [6.07, 6.45) is -1.19. The number of nitrogens with one attached hydrogen (secondary N) is 2. The van der Waals surface area contributed by atoms with Gasteiger partial charge >= 0.3 is 6.03 Å². The van der Waals surface area contributed by atoms with Gasteiger partial charge in [0.25, 0.3) is 5.91 Å². The molecule has 5 amide bonds. The Morgan fingerprint density at radius 1 is 1.17 bits per heavy atom. The third kappa shape index (κ3) is 3.72. The van der Waals surface area contributed by atoms with Crippen molar-refractivity contribution in [1.29, 1.82) is 0 Å². The molecule has 13 nitrogen and oxygen atoms in total. The number of urea groups is 1. The van der Waals surface area contributed by atoms with Gasteiger partial charge in [-0.3, -0.25) is 25.0 Å². The number of nitrogens with zero attached hydrogens (tertiary/aromatic N) is 4. The number of amides is 5. The van der Waals surface area contributed by atoms with E-state index in [0.29, 0.717) is 36.7 Å². The van der Waals surface area contributed by atoms with E-state index in [1.807, 2.05) is 6.92 Å². The fraction of sp³-hybridized carbons (Fsp3) is 0.462. The number of aromatic nitrogens is 2. The molecule has 214 valence electrons.